The summed E-state index contributed by atoms with van der Waals surface area (Å²) in [6, 6.07) is 5.25. The van der Waals surface area contributed by atoms with Crippen LogP contribution in [0.25, 0.3) is 0 Å². The Kier molecular flexibility index (Phi) is 5.85. The van der Waals surface area contributed by atoms with Gasteiger partial charge in [-0.1, -0.05) is 13.8 Å². The van der Waals surface area contributed by atoms with E-state index in [0.717, 1.165) is 31.6 Å². The van der Waals surface area contributed by atoms with Crippen molar-refractivity contribution in [3.8, 4) is 11.5 Å². The molecule has 1 N–H and O–H groups in total. The second-order valence-electron chi connectivity index (χ2n) is 6.67. The molecule has 3 amide bonds. The normalized spacial score (nSPS) is 18.8. The molecule has 1 atom stereocenters. The van der Waals surface area contributed by atoms with Crippen LogP contribution in [0.4, 0.5) is 10.5 Å². The standard InChI is InChI=1S/C19H27N3O4/c1-3-7-21(8-4-2)19(24)20-14-11-18(23)22(13-14)15-5-6-16-17(12-15)26-10-9-25-16/h5-6,12,14H,3-4,7-11,13H2,1-2H3,(H,20,24). The summed E-state index contributed by atoms with van der Waals surface area (Å²) in [7, 11) is 0. The molecule has 0 radical (unpaired) electrons. The predicted octanol–water partition coefficient (Wildman–Crippen LogP) is 2.39. The Morgan fingerprint density at radius 3 is 2.58 bits per heavy atom. The molecule has 1 aromatic rings. The van der Waals surface area contributed by atoms with Crippen molar-refractivity contribution in [2.24, 2.45) is 0 Å². The SMILES string of the molecule is CCCN(CCC)C(=O)NC1CC(=O)N(c2ccc3c(c2)OCCO3)C1. The molecule has 7 heteroatoms. The maximum Gasteiger partial charge on any atom is 0.317 e. The van der Waals surface area contributed by atoms with Crippen LogP contribution < -0.4 is 19.7 Å². The summed E-state index contributed by atoms with van der Waals surface area (Å²) in [5.41, 5.74) is 0.773. The van der Waals surface area contributed by atoms with Gasteiger partial charge in [-0.3, -0.25) is 4.79 Å². The monoisotopic (exact) mass is 361 g/mol. The minimum Gasteiger partial charge on any atom is -0.486 e. The van der Waals surface area contributed by atoms with Gasteiger partial charge in [-0.2, -0.15) is 0 Å². The molecule has 2 aliphatic heterocycles. The van der Waals surface area contributed by atoms with Crippen molar-refractivity contribution in [2.45, 2.75) is 39.2 Å². The first kappa shape index (κ1) is 18.4. The third kappa shape index (κ3) is 4.03. The lowest BCUT2D eigenvalue weighted by Crippen LogP contribution is -2.46. The predicted molar refractivity (Wildman–Crippen MR) is 98.9 cm³/mol. The molecule has 26 heavy (non-hydrogen) atoms. The van der Waals surface area contributed by atoms with Crippen LogP contribution in [0.3, 0.4) is 0 Å². The summed E-state index contributed by atoms with van der Waals surface area (Å²) in [6.07, 6.45) is 2.15. The number of fused-ring (bicyclic) bond motifs is 1. The number of rotatable bonds is 6. The topological polar surface area (TPSA) is 71.1 Å². The first-order valence-corrected chi connectivity index (χ1v) is 9.37. The average Bonchev–Trinajstić information content (AvgIpc) is 3.01. The zero-order valence-corrected chi connectivity index (χ0v) is 15.5. The molecule has 1 aromatic carbocycles. The van der Waals surface area contributed by atoms with Gasteiger partial charge in [-0.15, -0.1) is 0 Å². The van der Waals surface area contributed by atoms with Gasteiger partial charge in [0.15, 0.2) is 11.5 Å². The molecular formula is C19H27N3O4. The van der Waals surface area contributed by atoms with Gasteiger partial charge in [-0.05, 0) is 25.0 Å². The Morgan fingerprint density at radius 2 is 1.88 bits per heavy atom. The number of amides is 3. The fourth-order valence-corrected chi connectivity index (χ4v) is 3.37. The number of carbonyl (C=O) groups excluding carboxylic acids is 2. The fraction of sp³-hybridized carbons (Fsp3) is 0.579. The van der Waals surface area contributed by atoms with Crippen molar-refractivity contribution in [2.75, 3.05) is 37.7 Å². The molecule has 142 valence electrons. The Morgan fingerprint density at radius 1 is 1.19 bits per heavy atom. The van der Waals surface area contributed by atoms with Crippen LogP contribution in [0.15, 0.2) is 18.2 Å². The van der Waals surface area contributed by atoms with Gasteiger partial charge < -0.3 is 24.6 Å². The van der Waals surface area contributed by atoms with E-state index in [2.05, 4.69) is 19.2 Å². The van der Waals surface area contributed by atoms with Gasteiger partial charge in [0, 0.05) is 37.8 Å². The molecule has 3 rings (SSSR count). The lowest BCUT2D eigenvalue weighted by molar-refractivity contribution is -0.117. The van der Waals surface area contributed by atoms with E-state index in [9.17, 15) is 9.59 Å². The molecule has 0 saturated carbocycles. The summed E-state index contributed by atoms with van der Waals surface area (Å²) in [6.45, 7) is 7.08. The highest BCUT2D eigenvalue weighted by atomic mass is 16.6. The van der Waals surface area contributed by atoms with Crippen LogP contribution in [0, 0.1) is 0 Å². The first-order valence-electron chi connectivity index (χ1n) is 9.37. The third-order valence-corrected chi connectivity index (χ3v) is 4.56. The van der Waals surface area contributed by atoms with Crippen LogP contribution in [0.5, 0.6) is 11.5 Å². The summed E-state index contributed by atoms with van der Waals surface area (Å²) >= 11 is 0. The number of nitrogens with one attached hydrogen (secondary N) is 1. The summed E-state index contributed by atoms with van der Waals surface area (Å²) < 4.78 is 11.1. The Bertz CT molecular complexity index is 658. The molecule has 2 aliphatic rings. The average molecular weight is 361 g/mol. The number of nitrogens with zero attached hydrogens (tertiary/aromatic N) is 2. The van der Waals surface area contributed by atoms with E-state index in [1.54, 1.807) is 4.90 Å². The fourth-order valence-electron chi connectivity index (χ4n) is 3.37. The molecular weight excluding hydrogens is 334 g/mol. The Balaban J connectivity index is 1.64. The number of urea groups is 1. The van der Waals surface area contributed by atoms with Crippen molar-refractivity contribution >= 4 is 17.6 Å². The van der Waals surface area contributed by atoms with Crippen LogP contribution >= 0.6 is 0 Å². The summed E-state index contributed by atoms with van der Waals surface area (Å²) in [4.78, 5) is 28.4. The van der Waals surface area contributed by atoms with Crippen LogP contribution in [-0.2, 0) is 4.79 Å². The molecule has 2 heterocycles. The smallest absolute Gasteiger partial charge is 0.317 e. The van der Waals surface area contributed by atoms with E-state index < -0.39 is 0 Å². The first-order chi connectivity index (χ1) is 12.6. The number of carbonyl (C=O) groups is 2. The molecule has 1 saturated heterocycles. The molecule has 0 bridgehead atoms. The highest BCUT2D eigenvalue weighted by Gasteiger charge is 2.33. The highest BCUT2D eigenvalue weighted by Crippen LogP contribution is 2.35. The van der Waals surface area contributed by atoms with Crippen molar-refractivity contribution < 1.29 is 19.1 Å². The van der Waals surface area contributed by atoms with E-state index in [4.69, 9.17) is 9.47 Å². The molecule has 0 aromatic heterocycles. The lowest BCUT2D eigenvalue weighted by atomic mass is 10.2. The highest BCUT2D eigenvalue weighted by molar-refractivity contribution is 5.97. The molecule has 1 unspecified atom stereocenters. The van der Waals surface area contributed by atoms with Gasteiger partial charge >= 0.3 is 6.03 Å². The van der Waals surface area contributed by atoms with E-state index in [1.165, 1.54) is 0 Å². The number of ether oxygens (including phenoxy) is 2. The van der Waals surface area contributed by atoms with E-state index >= 15 is 0 Å². The summed E-state index contributed by atoms with van der Waals surface area (Å²) in [5, 5.41) is 3.01. The van der Waals surface area contributed by atoms with Crippen LogP contribution in [0.1, 0.15) is 33.1 Å². The zero-order chi connectivity index (χ0) is 18.5. The number of benzene rings is 1. The number of hydrogen-bond donors (Lipinski definition) is 1. The van der Waals surface area contributed by atoms with Crippen molar-refractivity contribution in [3.05, 3.63) is 18.2 Å². The molecule has 0 aliphatic carbocycles. The zero-order valence-electron chi connectivity index (χ0n) is 15.5. The summed E-state index contributed by atoms with van der Waals surface area (Å²) in [5.74, 6) is 1.36. The van der Waals surface area contributed by atoms with Crippen molar-refractivity contribution in [3.63, 3.8) is 0 Å². The van der Waals surface area contributed by atoms with Crippen molar-refractivity contribution in [1.29, 1.82) is 0 Å². The van der Waals surface area contributed by atoms with E-state index in [0.29, 0.717) is 37.7 Å². The van der Waals surface area contributed by atoms with Gasteiger partial charge in [0.2, 0.25) is 5.91 Å². The Labute approximate surface area is 154 Å². The van der Waals surface area contributed by atoms with Gasteiger partial charge in [0.25, 0.3) is 0 Å². The second-order valence-corrected chi connectivity index (χ2v) is 6.67. The second kappa shape index (κ2) is 8.29. The lowest BCUT2D eigenvalue weighted by Gasteiger charge is -2.24. The molecule has 1 fully saturated rings. The maximum atomic E-state index is 12.5. The van der Waals surface area contributed by atoms with Crippen LogP contribution in [-0.4, -0.2) is 55.7 Å². The maximum absolute atomic E-state index is 12.5. The third-order valence-electron chi connectivity index (χ3n) is 4.56. The largest absolute Gasteiger partial charge is 0.486 e. The van der Waals surface area contributed by atoms with E-state index in [-0.39, 0.29) is 18.0 Å². The molecule has 7 nitrogen and oxygen atoms in total. The Hall–Kier alpha value is -2.44. The van der Waals surface area contributed by atoms with Gasteiger partial charge in [0.05, 0.1) is 6.04 Å². The number of anilines is 1. The quantitative estimate of drug-likeness (QED) is 0.845. The van der Waals surface area contributed by atoms with Gasteiger partial charge in [-0.25, -0.2) is 4.79 Å². The van der Waals surface area contributed by atoms with Crippen LogP contribution in [0.2, 0.25) is 0 Å². The minimum atomic E-state index is -0.181. The van der Waals surface area contributed by atoms with Gasteiger partial charge in [0.1, 0.15) is 13.2 Å². The van der Waals surface area contributed by atoms with Crippen molar-refractivity contribution in [1.82, 2.24) is 10.2 Å². The van der Waals surface area contributed by atoms with E-state index in [1.807, 2.05) is 23.1 Å². The molecule has 0 spiro atoms. The number of hydrogen-bond acceptors (Lipinski definition) is 4. The minimum absolute atomic E-state index is 0.00418.